The number of anilines is 1. The lowest BCUT2D eigenvalue weighted by Crippen LogP contribution is -2.20. The highest BCUT2D eigenvalue weighted by Crippen LogP contribution is 2.28. The molecule has 180 valence electrons. The second-order valence-electron chi connectivity index (χ2n) is 7.35. The van der Waals surface area contributed by atoms with E-state index >= 15 is 0 Å². The molecule has 10 heteroatoms. The Kier molecular flexibility index (Phi) is 8.49. The van der Waals surface area contributed by atoms with Crippen LogP contribution in [0, 0.1) is 17.0 Å². The number of carbonyl (C=O) groups is 2. The third-order valence-corrected chi connectivity index (χ3v) is 4.68. The van der Waals surface area contributed by atoms with E-state index in [1.165, 1.54) is 30.5 Å². The van der Waals surface area contributed by atoms with E-state index in [1.54, 1.807) is 18.2 Å². The second kappa shape index (κ2) is 11.9. The van der Waals surface area contributed by atoms with Crippen molar-refractivity contribution in [2.75, 3.05) is 18.5 Å². The van der Waals surface area contributed by atoms with E-state index < -0.39 is 10.8 Å². The lowest BCUT2D eigenvalue weighted by molar-refractivity contribution is -0.384. The fraction of sp³-hybridized carbons (Fsp3) is 0.160. The predicted molar refractivity (Wildman–Crippen MR) is 131 cm³/mol. The number of aryl methyl sites for hydroxylation is 1. The number of nitrogens with one attached hydrogen (secondary N) is 2. The lowest BCUT2D eigenvalue weighted by atomic mass is 10.2. The van der Waals surface area contributed by atoms with Crippen molar-refractivity contribution in [1.82, 2.24) is 5.43 Å². The van der Waals surface area contributed by atoms with Gasteiger partial charge in [-0.25, -0.2) is 5.43 Å². The molecule has 0 aliphatic carbocycles. The number of benzene rings is 3. The number of nitro groups is 1. The average Bonchev–Trinajstić information content (AvgIpc) is 2.85. The molecule has 0 radical (unpaired) electrons. The first-order valence-corrected chi connectivity index (χ1v) is 10.7. The molecule has 0 aliphatic heterocycles. The zero-order valence-electron chi connectivity index (χ0n) is 19.2. The molecule has 0 fully saturated rings. The number of hydrogen-bond acceptors (Lipinski definition) is 7. The molecule has 2 amide bonds. The van der Waals surface area contributed by atoms with Crippen molar-refractivity contribution < 1.29 is 24.0 Å². The number of ether oxygens (including phenoxy) is 2. The lowest BCUT2D eigenvalue weighted by Gasteiger charge is -2.12. The van der Waals surface area contributed by atoms with Crippen LogP contribution in [0.15, 0.2) is 71.8 Å². The minimum atomic E-state index is -0.542. The van der Waals surface area contributed by atoms with Crippen LogP contribution in [0.5, 0.6) is 11.5 Å². The number of rotatable bonds is 10. The van der Waals surface area contributed by atoms with Gasteiger partial charge in [-0.2, -0.15) is 5.10 Å². The Morgan fingerprint density at radius 2 is 1.71 bits per heavy atom. The van der Waals surface area contributed by atoms with Gasteiger partial charge in [0.25, 0.3) is 17.5 Å². The zero-order chi connectivity index (χ0) is 25.2. The Morgan fingerprint density at radius 1 is 1.00 bits per heavy atom. The number of hydrazone groups is 1. The Labute approximate surface area is 201 Å². The standard InChI is InChI=1S/C25H24N4O6/c1-3-34-23-14-18(15-26-28-25(31)19-7-11-21(12-8-19)29(32)33)6-13-22(23)35-16-24(30)27-20-9-4-17(2)5-10-20/h4-15H,3,16H2,1-2H3,(H,27,30)(H,28,31)/b26-15+. The minimum Gasteiger partial charge on any atom is -0.490 e. The van der Waals surface area contributed by atoms with Crippen molar-refractivity contribution in [2.24, 2.45) is 5.10 Å². The Hall–Kier alpha value is -4.73. The summed E-state index contributed by atoms with van der Waals surface area (Å²) in [6, 6.07) is 17.6. The highest BCUT2D eigenvalue weighted by Gasteiger charge is 2.11. The van der Waals surface area contributed by atoms with Gasteiger partial charge in [0.05, 0.1) is 17.7 Å². The highest BCUT2D eigenvalue weighted by atomic mass is 16.6. The SMILES string of the molecule is CCOc1cc(/C=N/NC(=O)c2ccc([N+](=O)[O-])cc2)ccc1OCC(=O)Nc1ccc(C)cc1. The molecule has 3 aromatic rings. The first kappa shape index (κ1) is 24.9. The molecular weight excluding hydrogens is 452 g/mol. The largest absolute Gasteiger partial charge is 0.490 e. The van der Waals surface area contributed by atoms with Gasteiger partial charge < -0.3 is 14.8 Å². The van der Waals surface area contributed by atoms with E-state index in [0.29, 0.717) is 29.4 Å². The number of amides is 2. The first-order chi connectivity index (χ1) is 16.9. The van der Waals surface area contributed by atoms with Crippen LogP contribution in [-0.2, 0) is 4.79 Å². The van der Waals surface area contributed by atoms with Crippen LogP contribution >= 0.6 is 0 Å². The van der Waals surface area contributed by atoms with Gasteiger partial charge in [-0.15, -0.1) is 0 Å². The van der Waals surface area contributed by atoms with Crippen LogP contribution in [0.4, 0.5) is 11.4 Å². The van der Waals surface area contributed by atoms with Crippen LogP contribution in [-0.4, -0.2) is 36.2 Å². The van der Waals surface area contributed by atoms with E-state index in [-0.39, 0.29) is 23.8 Å². The summed E-state index contributed by atoms with van der Waals surface area (Å²) >= 11 is 0. The molecule has 0 heterocycles. The van der Waals surface area contributed by atoms with Crippen molar-refractivity contribution in [3.63, 3.8) is 0 Å². The van der Waals surface area contributed by atoms with Crippen molar-refractivity contribution in [3.05, 3.63) is 93.5 Å². The zero-order valence-corrected chi connectivity index (χ0v) is 19.2. The van der Waals surface area contributed by atoms with E-state index in [1.807, 2.05) is 38.1 Å². The summed E-state index contributed by atoms with van der Waals surface area (Å²) in [4.78, 5) is 34.5. The molecule has 0 saturated carbocycles. The summed E-state index contributed by atoms with van der Waals surface area (Å²) in [7, 11) is 0. The summed E-state index contributed by atoms with van der Waals surface area (Å²) in [5.74, 6) is -0.0177. The number of carbonyl (C=O) groups excluding carboxylic acids is 2. The summed E-state index contributed by atoms with van der Waals surface area (Å²) in [5, 5.41) is 17.4. The summed E-state index contributed by atoms with van der Waals surface area (Å²) in [6.45, 7) is 3.96. The number of non-ortho nitro benzene ring substituents is 1. The Morgan fingerprint density at radius 3 is 2.37 bits per heavy atom. The summed E-state index contributed by atoms with van der Waals surface area (Å²) < 4.78 is 11.2. The van der Waals surface area contributed by atoms with Gasteiger partial charge in [0.15, 0.2) is 18.1 Å². The van der Waals surface area contributed by atoms with Crippen molar-refractivity contribution in [1.29, 1.82) is 0 Å². The molecule has 0 bridgehead atoms. The third-order valence-electron chi connectivity index (χ3n) is 4.68. The molecule has 3 rings (SSSR count). The smallest absolute Gasteiger partial charge is 0.271 e. The van der Waals surface area contributed by atoms with Crippen LogP contribution in [0.2, 0.25) is 0 Å². The van der Waals surface area contributed by atoms with Gasteiger partial charge in [0, 0.05) is 23.4 Å². The normalized spacial score (nSPS) is 10.6. The second-order valence-corrected chi connectivity index (χ2v) is 7.35. The fourth-order valence-corrected chi connectivity index (χ4v) is 2.93. The molecule has 0 aliphatic rings. The molecular formula is C25H24N4O6. The van der Waals surface area contributed by atoms with Crippen molar-refractivity contribution in [3.8, 4) is 11.5 Å². The number of nitrogens with zero attached hydrogens (tertiary/aromatic N) is 2. The van der Waals surface area contributed by atoms with E-state index in [0.717, 1.165) is 5.56 Å². The Balaban J connectivity index is 1.58. The predicted octanol–water partition coefficient (Wildman–Crippen LogP) is 4.08. The fourth-order valence-electron chi connectivity index (χ4n) is 2.93. The van der Waals surface area contributed by atoms with Gasteiger partial charge in [0.1, 0.15) is 0 Å². The van der Waals surface area contributed by atoms with E-state index in [4.69, 9.17) is 9.47 Å². The van der Waals surface area contributed by atoms with Crippen molar-refractivity contribution >= 4 is 29.4 Å². The molecule has 2 N–H and O–H groups in total. The molecule has 0 atom stereocenters. The molecule has 10 nitrogen and oxygen atoms in total. The maximum atomic E-state index is 12.2. The monoisotopic (exact) mass is 476 g/mol. The minimum absolute atomic E-state index is 0.108. The molecule has 3 aromatic carbocycles. The topological polar surface area (TPSA) is 132 Å². The number of hydrogen-bond donors (Lipinski definition) is 2. The summed E-state index contributed by atoms with van der Waals surface area (Å²) in [6.07, 6.45) is 1.42. The molecule has 0 spiro atoms. The first-order valence-electron chi connectivity index (χ1n) is 10.7. The van der Waals surface area contributed by atoms with Gasteiger partial charge in [-0.1, -0.05) is 17.7 Å². The summed E-state index contributed by atoms with van der Waals surface area (Å²) in [5.41, 5.74) is 4.88. The maximum Gasteiger partial charge on any atom is 0.271 e. The molecule has 0 unspecified atom stereocenters. The maximum absolute atomic E-state index is 12.2. The third kappa shape index (κ3) is 7.39. The highest BCUT2D eigenvalue weighted by molar-refractivity contribution is 5.95. The van der Waals surface area contributed by atoms with Gasteiger partial charge in [-0.05, 0) is 61.9 Å². The molecule has 35 heavy (non-hydrogen) atoms. The van der Waals surface area contributed by atoms with Crippen LogP contribution < -0.4 is 20.2 Å². The van der Waals surface area contributed by atoms with E-state index in [2.05, 4.69) is 15.8 Å². The molecule has 0 saturated heterocycles. The van der Waals surface area contributed by atoms with Crippen LogP contribution in [0.25, 0.3) is 0 Å². The molecule has 0 aromatic heterocycles. The van der Waals surface area contributed by atoms with Crippen LogP contribution in [0.3, 0.4) is 0 Å². The van der Waals surface area contributed by atoms with E-state index in [9.17, 15) is 19.7 Å². The van der Waals surface area contributed by atoms with Gasteiger partial charge in [0.2, 0.25) is 0 Å². The van der Waals surface area contributed by atoms with Crippen LogP contribution in [0.1, 0.15) is 28.4 Å². The average molecular weight is 476 g/mol. The van der Waals surface area contributed by atoms with Gasteiger partial charge in [-0.3, -0.25) is 19.7 Å². The van der Waals surface area contributed by atoms with Crippen molar-refractivity contribution in [2.45, 2.75) is 13.8 Å². The quantitative estimate of drug-likeness (QED) is 0.257. The van der Waals surface area contributed by atoms with Gasteiger partial charge >= 0.3 is 0 Å². The Bertz CT molecular complexity index is 1220. The number of nitro benzene ring substituents is 1.